The van der Waals surface area contributed by atoms with Crippen LogP contribution in [0.15, 0.2) is 42.0 Å². The molecule has 5 heteroatoms. The number of hydrogen-bond acceptors (Lipinski definition) is 3. The number of aliphatic hydroxyl groups excluding tert-OH is 1. The molecule has 0 saturated heterocycles. The van der Waals surface area contributed by atoms with Gasteiger partial charge in [-0.2, -0.15) is 5.26 Å². The molecular formula is C23H29N3O2. The Labute approximate surface area is 167 Å². The number of carbonyl (C=O) groups excluding carboxylic acids is 1. The Morgan fingerprint density at radius 1 is 1.29 bits per heavy atom. The van der Waals surface area contributed by atoms with Crippen molar-refractivity contribution >= 4 is 12.0 Å². The number of amides is 1. The zero-order valence-corrected chi connectivity index (χ0v) is 17.1. The molecule has 1 atom stereocenters. The lowest BCUT2D eigenvalue weighted by Gasteiger charge is -2.12. The van der Waals surface area contributed by atoms with E-state index in [1.54, 1.807) is 6.08 Å². The lowest BCUT2D eigenvalue weighted by molar-refractivity contribution is -0.117. The van der Waals surface area contributed by atoms with E-state index in [0.29, 0.717) is 12.3 Å². The molecule has 0 bridgehead atoms. The molecule has 0 aliphatic rings. The molecule has 0 saturated carbocycles. The van der Waals surface area contributed by atoms with Crippen molar-refractivity contribution in [2.75, 3.05) is 6.54 Å². The van der Waals surface area contributed by atoms with Gasteiger partial charge in [0.25, 0.3) is 5.91 Å². The minimum atomic E-state index is -0.706. The van der Waals surface area contributed by atoms with Crippen LogP contribution in [0.4, 0.5) is 0 Å². The molecule has 0 aliphatic heterocycles. The van der Waals surface area contributed by atoms with Gasteiger partial charge in [-0.25, -0.2) is 0 Å². The number of carbonyl (C=O) groups is 1. The quantitative estimate of drug-likeness (QED) is 0.545. The van der Waals surface area contributed by atoms with Gasteiger partial charge in [-0.05, 0) is 43.0 Å². The van der Waals surface area contributed by atoms with Crippen molar-refractivity contribution in [3.05, 3.63) is 64.5 Å². The fraction of sp³-hybridized carbons (Fsp3) is 0.391. The van der Waals surface area contributed by atoms with Gasteiger partial charge in [-0.1, -0.05) is 44.2 Å². The third kappa shape index (κ3) is 5.83. The van der Waals surface area contributed by atoms with Gasteiger partial charge in [0.05, 0.1) is 6.10 Å². The number of aryl methyl sites for hydroxylation is 1. The lowest BCUT2D eigenvalue weighted by atomic mass is 10.1. The molecule has 0 spiro atoms. The highest BCUT2D eigenvalue weighted by molar-refractivity contribution is 6.01. The summed E-state index contributed by atoms with van der Waals surface area (Å²) >= 11 is 0. The summed E-state index contributed by atoms with van der Waals surface area (Å²) in [4.78, 5) is 12.4. The van der Waals surface area contributed by atoms with Gasteiger partial charge in [-0.3, -0.25) is 4.79 Å². The van der Waals surface area contributed by atoms with Gasteiger partial charge in [0.1, 0.15) is 11.6 Å². The molecule has 1 amide bonds. The van der Waals surface area contributed by atoms with Gasteiger partial charge in [0.15, 0.2) is 0 Å². The van der Waals surface area contributed by atoms with Crippen molar-refractivity contribution in [2.45, 2.75) is 46.8 Å². The number of nitrogens with zero attached hydrogens (tertiary/aromatic N) is 2. The van der Waals surface area contributed by atoms with Crippen molar-refractivity contribution in [2.24, 2.45) is 5.92 Å². The molecule has 1 unspecified atom stereocenters. The number of aliphatic hydroxyl groups is 1. The monoisotopic (exact) mass is 379 g/mol. The minimum Gasteiger partial charge on any atom is -0.391 e. The highest BCUT2D eigenvalue weighted by Crippen LogP contribution is 2.19. The highest BCUT2D eigenvalue weighted by atomic mass is 16.3. The topological polar surface area (TPSA) is 78.1 Å². The van der Waals surface area contributed by atoms with E-state index in [1.165, 1.54) is 0 Å². The summed E-state index contributed by atoms with van der Waals surface area (Å²) in [5, 5.41) is 22.2. The van der Waals surface area contributed by atoms with Gasteiger partial charge in [-0.15, -0.1) is 0 Å². The van der Waals surface area contributed by atoms with Crippen LogP contribution in [0.3, 0.4) is 0 Å². The first kappa shape index (κ1) is 21.5. The molecule has 1 heterocycles. The standard InChI is InChI=1S/C23H29N3O2/c1-16(2)15-26-17(3)10-20(18(26)4)12-21(13-24)23(28)25-14-22(27)11-19-8-6-5-7-9-19/h5-10,12,16,22,27H,11,14-15H2,1-4H3,(H,25,28)/b21-12-. The van der Waals surface area contributed by atoms with Crippen LogP contribution < -0.4 is 5.32 Å². The van der Waals surface area contributed by atoms with Crippen LogP contribution in [0.25, 0.3) is 6.08 Å². The Kier molecular flexibility index (Phi) is 7.60. The molecule has 1 aromatic heterocycles. The van der Waals surface area contributed by atoms with Gasteiger partial charge in [0.2, 0.25) is 0 Å². The van der Waals surface area contributed by atoms with Crippen molar-refractivity contribution < 1.29 is 9.90 Å². The maximum absolute atomic E-state index is 12.4. The SMILES string of the molecule is Cc1cc(/C=C(/C#N)C(=O)NCC(O)Cc2ccccc2)c(C)n1CC(C)C. The summed E-state index contributed by atoms with van der Waals surface area (Å²) in [6, 6.07) is 13.6. The van der Waals surface area contributed by atoms with Gasteiger partial charge in [0, 0.05) is 30.9 Å². The van der Waals surface area contributed by atoms with Crippen molar-refractivity contribution in [1.29, 1.82) is 5.26 Å². The fourth-order valence-electron chi connectivity index (χ4n) is 3.19. The largest absolute Gasteiger partial charge is 0.391 e. The van der Waals surface area contributed by atoms with E-state index in [4.69, 9.17) is 0 Å². The molecule has 0 fully saturated rings. The molecule has 5 nitrogen and oxygen atoms in total. The van der Waals surface area contributed by atoms with Crippen LogP contribution in [0.1, 0.15) is 36.4 Å². The summed E-state index contributed by atoms with van der Waals surface area (Å²) < 4.78 is 2.20. The third-order valence-electron chi connectivity index (χ3n) is 4.64. The van der Waals surface area contributed by atoms with Crippen molar-refractivity contribution in [1.82, 2.24) is 9.88 Å². The van der Waals surface area contributed by atoms with Crippen molar-refractivity contribution in [3.8, 4) is 6.07 Å². The average molecular weight is 380 g/mol. The number of aromatic nitrogens is 1. The smallest absolute Gasteiger partial charge is 0.262 e. The van der Waals surface area contributed by atoms with E-state index in [2.05, 4.69) is 23.7 Å². The zero-order chi connectivity index (χ0) is 20.7. The number of benzene rings is 1. The maximum atomic E-state index is 12.4. The fourth-order valence-corrected chi connectivity index (χ4v) is 3.19. The molecule has 2 rings (SSSR count). The molecule has 2 aromatic rings. The Bertz CT molecular complexity index is 873. The molecule has 0 aliphatic carbocycles. The van der Waals surface area contributed by atoms with E-state index >= 15 is 0 Å². The molecule has 2 N–H and O–H groups in total. The summed E-state index contributed by atoms with van der Waals surface area (Å²) in [5.41, 5.74) is 4.05. The first-order valence-corrected chi connectivity index (χ1v) is 9.60. The van der Waals surface area contributed by atoms with Crippen LogP contribution in [-0.4, -0.2) is 28.2 Å². The predicted octanol–water partition coefficient (Wildman–Crippen LogP) is 3.39. The predicted molar refractivity (Wildman–Crippen MR) is 111 cm³/mol. The molecule has 28 heavy (non-hydrogen) atoms. The van der Waals surface area contributed by atoms with Crippen LogP contribution in [0.2, 0.25) is 0 Å². The van der Waals surface area contributed by atoms with Crippen LogP contribution in [0.5, 0.6) is 0 Å². The number of nitriles is 1. The summed E-state index contributed by atoms with van der Waals surface area (Å²) in [6.07, 6.45) is 1.36. The zero-order valence-electron chi connectivity index (χ0n) is 17.1. The average Bonchev–Trinajstić information content (AvgIpc) is 2.92. The second-order valence-electron chi connectivity index (χ2n) is 7.55. The second-order valence-corrected chi connectivity index (χ2v) is 7.55. The molecule has 0 radical (unpaired) electrons. The Morgan fingerprint density at radius 2 is 1.96 bits per heavy atom. The molecular weight excluding hydrogens is 350 g/mol. The first-order valence-electron chi connectivity index (χ1n) is 9.60. The van der Waals surface area contributed by atoms with Gasteiger partial charge < -0.3 is 15.0 Å². The van der Waals surface area contributed by atoms with Crippen molar-refractivity contribution in [3.63, 3.8) is 0 Å². The maximum Gasteiger partial charge on any atom is 0.262 e. The Morgan fingerprint density at radius 3 is 2.57 bits per heavy atom. The van der Waals surface area contributed by atoms with E-state index in [1.807, 2.05) is 56.3 Å². The lowest BCUT2D eigenvalue weighted by Crippen LogP contribution is -2.33. The van der Waals surface area contributed by atoms with Crippen LogP contribution >= 0.6 is 0 Å². The van der Waals surface area contributed by atoms with Crippen LogP contribution in [-0.2, 0) is 17.8 Å². The van der Waals surface area contributed by atoms with E-state index in [-0.39, 0.29) is 12.1 Å². The van der Waals surface area contributed by atoms with E-state index in [9.17, 15) is 15.2 Å². The Hall–Kier alpha value is -2.84. The first-order chi connectivity index (χ1) is 13.3. The summed E-state index contributed by atoms with van der Waals surface area (Å²) in [7, 11) is 0. The minimum absolute atomic E-state index is 0.0386. The third-order valence-corrected chi connectivity index (χ3v) is 4.64. The van der Waals surface area contributed by atoms with Gasteiger partial charge >= 0.3 is 0 Å². The number of hydrogen-bond donors (Lipinski definition) is 2. The summed E-state index contributed by atoms with van der Waals surface area (Å²) in [5.74, 6) is 0.0368. The van der Waals surface area contributed by atoms with E-state index in [0.717, 1.165) is 29.1 Å². The number of nitrogens with one attached hydrogen (secondary N) is 1. The summed E-state index contributed by atoms with van der Waals surface area (Å²) in [6.45, 7) is 9.33. The highest BCUT2D eigenvalue weighted by Gasteiger charge is 2.15. The number of rotatable bonds is 8. The normalized spacial score (nSPS) is 12.7. The van der Waals surface area contributed by atoms with E-state index < -0.39 is 12.0 Å². The Balaban J connectivity index is 2.04. The molecule has 1 aromatic carbocycles. The van der Waals surface area contributed by atoms with Crippen LogP contribution in [0, 0.1) is 31.1 Å². The molecule has 148 valence electrons. The second kappa shape index (κ2) is 9.91.